The third-order valence-corrected chi connectivity index (χ3v) is 4.82. The molecule has 18 heavy (non-hydrogen) atoms. The molecule has 1 heterocycles. The molecule has 0 bridgehead atoms. The van der Waals surface area contributed by atoms with Crippen molar-refractivity contribution in [3.8, 4) is 0 Å². The highest BCUT2D eigenvalue weighted by Crippen LogP contribution is 2.43. The van der Waals surface area contributed by atoms with Gasteiger partial charge in [0.1, 0.15) is 5.69 Å². The molecule has 0 amide bonds. The first-order valence-electron chi connectivity index (χ1n) is 6.63. The first-order valence-corrected chi connectivity index (χ1v) is 7.51. The monoisotopic (exact) mass is 259 g/mol. The highest BCUT2D eigenvalue weighted by Gasteiger charge is 2.39. The Bertz CT molecular complexity index is 512. The van der Waals surface area contributed by atoms with E-state index in [2.05, 4.69) is 40.7 Å². The van der Waals surface area contributed by atoms with E-state index in [1.807, 2.05) is 0 Å². The van der Waals surface area contributed by atoms with Gasteiger partial charge < -0.3 is 0 Å². The third-order valence-electron chi connectivity index (χ3n) is 4.11. The summed E-state index contributed by atoms with van der Waals surface area (Å²) < 4.78 is 0. The minimum absolute atomic E-state index is 0.160. The Morgan fingerprint density at radius 1 is 1.06 bits per heavy atom. The topological polar surface area (TPSA) is 40.2 Å². The lowest BCUT2D eigenvalue weighted by molar-refractivity contribution is -0.374. The average molecular weight is 259 g/mol. The first-order chi connectivity index (χ1) is 8.81. The molecule has 0 aliphatic heterocycles. The third kappa shape index (κ3) is 1.93. The van der Waals surface area contributed by atoms with E-state index in [-0.39, 0.29) is 5.41 Å². The van der Waals surface area contributed by atoms with Gasteiger partial charge in [-0.25, -0.2) is 4.98 Å². The summed E-state index contributed by atoms with van der Waals surface area (Å²) in [5.74, 6) is 0. The zero-order chi connectivity index (χ0) is 12.4. The van der Waals surface area contributed by atoms with Gasteiger partial charge in [0.15, 0.2) is 0 Å². The van der Waals surface area contributed by atoms with E-state index in [1.54, 1.807) is 11.3 Å². The summed E-state index contributed by atoms with van der Waals surface area (Å²) in [6.07, 6.45) is 6.42. The average Bonchev–Trinajstić information content (AvgIpc) is 2.88. The van der Waals surface area contributed by atoms with Crippen LogP contribution in [-0.2, 0) is 5.41 Å². The Morgan fingerprint density at radius 3 is 2.39 bits per heavy atom. The number of nitrogen functional groups attached to an aromatic ring is 1. The molecule has 1 aliphatic rings. The summed E-state index contributed by atoms with van der Waals surface area (Å²) >= 11 is 1.61. The summed E-state index contributed by atoms with van der Waals surface area (Å²) in [5, 5.41) is 3.01. The predicted molar refractivity (Wildman–Crippen MR) is 75.6 cm³/mol. The Morgan fingerprint density at radius 2 is 1.78 bits per heavy atom. The molecule has 0 saturated heterocycles. The van der Waals surface area contributed by atoms with Crippen LogP contribution >= 0.6 is 11.3 Å². The molecular weight excluding hydrogens is 240 g/mol. The largest absolute Gasteiger partial charge is 0.329 e. The quantitative estimate of drug-likeness (QED) is 0.882. The fourth-order valence-corrected chi connectivity index (χ4v) is 3.87. The molecule has 0 radical (unpaired) electrons. The van der Waals surface area contributed by atoms with E-state index >= 15 is 0 Å². The standard InChI is InChI=1S/C15H18N2S/c16-14-17-13(11-18-14)15(9-5-2-6-10-15)12-7-3-1-4-8-12/h1,3-4,7-8,11H,2,5-6,9-10H2,(H2,16,17)/p+1. The second-order valence-corrected chi connectivity index (χ2v) is 6.06. The van der Waals surface area contributed by atoms with E-state index < -0.39 is 0 Å². The van der Waals surface area contributed by atoms with Crippen molar-refractivity contribution >= 4 is 16.5 Å². The summed E-state index contributed by atoms with van der Waals surface area (Å²) in [6.45, 7) is 0. The van der Waals surface area contributed by atoms with Gasteiger partial charge in [0, 0.05) is 5.38 Å². The normalized spacial score (nSPS) is 18.7. The van der Waals surface area contributed by atoms with Gasteiger partial charge in [-0.15, -0.1) is 0 Å². The number of thiazole rings is 1. The van der Waals surface area contributed by atoms with E-state index in [9.17, 15) is 0 Å². The SMILES string of the molecule is Nc1[nH+]c(C2(c3ccccc3)CCCCC2)cs1. The molecule has 94 valence electrons. The van der Waals surface area contributed by atoms with Crippen molar-refractivity contribution in [1.82, 2.24) is 0 Å². The molecule has 1 aromatic heterocycles. The molecule has 1 aliphatic carbocycles. The number of benzene rings is 1. The zero-order valence-corrected chi connectivity index (χ0v) is 11.3. The maximum Gasteiger partial charge on any atom is 0.329 e. The lowest BCUT2D eigenvalue weighted by Gasteiger charge is -2.35. The molecule has 0 atom stereocenters. The number of aromatic nitrogens is 1. The van der Waals surface area contributed by atoms with Crippen LogP contribution in [0.1, 0.15) is 43.4 Å². The molecule has 3 rings (SSSR count). The van der Waals surface area contributed by atoms with Crippen molar-refractivity contribution in [3.05, 3.63) is 47.0 Å². The van der Waals surface area contributed by atoms with Crippen LogP contribution in [0, 0.1) is 0 Å². The Kier molecular flexibility index (Phi) is 3.08. The number of nitrogens with one attached hydrogen (secondary N) is 1. The van der Waals surface area contributed by atoms with E-state index in [1.165, 1.54) is 43.4 Å². The second-order valence-electron chi connectivity index (χ2n) is 5.15. The maximum atomic E-state index is 5.89. The van der Waals surface area contributed by atoms with Crippen LogP contribution in [0.15, 0.2) is 35.7 Å². The van der Waals surface area contributed by atoms with Crippen molar-refractivity contribution in [2.45, 2.75) is 37.5 Å². The maximum absolute atomic E-state index is 5.89. The smallest absolute Gasteiger partial charge is 0.278 e. The van der Waals surface area contributed by atoms with E-state index in [0.29, 0.717) is 0 Å². The summed E-state index contributed by atoms with van der Waals surface area (Å²) in [6, 6.07) is 10.9. The van der Waals surface area contributed by atoms with Crippen molar-refractivity contribution in [2.24, 2.45) is 0 Å². The van der Waals surface area contributed by atoms with Crippen molar-refractivity contribution in [2.75, 3.05) is 5.73 Å². The van der Waals surface area contributed by atoms with E-state index in [4.69, 9.17) is 5.73 Å². The minimum atomic E-state index is 0.160. The van der Waals surface area contributed by atoms with Gasteiger partial charge in [0.25, 0.3) is 0 Å². The summed E-state index contributed by atoms with van der Waals surface area (Å²) in [5.41, 5.74) is 8.78. The van der Waals surface area contributed by atoms with Crippen LogP contribution < -0.4 is 10.7 Å². The highest BCUT2D eigenvalue weighted by atomic mass is 32.1. The van der Waals surface area contributed by atoms with Gasteiger partial charge in [-0.3, -0.25) is 5.73 Å². The first kappa shape index (κ1) is 11.7. The lowest BCUT2D eigenvalue weighted by Crippen LogP contribution is -2.35. The van der Waals surface area contributed by atoms with Crippen LogP contribution in [0.5, 0.6) is 0 Å². The number of H-pyrrole nitrogens is 1. The van der Waals surface area contributed by atoms with E-state index in [0.717, 1.165) is 5.13 Å². The van der Waals surface area contributed by atoms with Crippen LogP contribution in [0.25, 0.3) is 0 Å². The van der Waals surface area contributed by atoms with Crippen molar-refractivity contribution in [1.29, 1.82) is 0 Å². The Labute approximate surface area is 112 Å². The van der Waals surface area contributed by atoms with Crippen LogP contribution in [0.3, 0.4) is 0 Å². The molecule has 1 fully saturated rings. The van der Waals surface area contributed by atoms with Crippen LogP contribution in [0.2, 0.25) is 0 Å². The number of anilines is 1. The molecule has 0 spiro atoms. The van der Waals surface area contributed by atoms with Gasteiger partial charge in [0.2, 0.25) is 0 Å². The van der Waals surface area contributed by atoms with Crippen molar-refractivity contribution < 1.29 is 4.98 Å². The number of hydrogen-bond acceptors (Lipinski definition) is 2. The number of rotatable bonds is 2. The minimum Gasteiger partial charge on any atom is -0.278 e. The number of nitrogens with two attached hydrogens (primary N) is 1. The summed E-state index contributed by atoms with van der Waals surface area (Å²) in [7, 11) is 0. The van der Waals surface area contributed by atoms with Gasteiger partial charge in [-0.1, -0.05) is 60.9 Å². The van der Waals surface area contributed by atoms with Crippen molar-refractivity contribution in [3.63, 3.8) is 0 Å². The predicted octanol–water partition coefficient (Wildman–Crippen LogP) is 3.39. The molecule has 0 unspecified atom stereocenters. The van der Waals surface area contributed by atoms with Crippen LogP contribution in [0.4, 0.5) is 5.13 Å². The molecule has 3 heteroatoms. The molecule has 2 nitrogen and oxygen atoms in total. The molecular formula is C15H19N2S+. The zero-order valence-electron chi connectivity index (χ0n) is 10.5. The second kappa shape index (κ2) is 4.73. The molecule has 1 aromatic carbocycles. The number of aromatic amines is 1. The fraction of sp³-hybridized carbons (Fsp3) is 0.400. The Hall–Kier alpha value is -1.35. The molecule has 3 N–H and O–H groups in total. The van der Waals surface area contributed by atoms with Gasteiger partial charge in [0.05, 0.1) is 5.41 Å². The Balaban J connectivity index is 2.09. The number of hydrogen-bond donors (Lipinski definition) is 1. The van der Waals surface area contributed by atoms with Gasteiger partial charge >= 0.3 is 5.13 Å². The lowest BCUT2D eigenvalue weighted by atomic mass is 9.68. The van der Waals surface area contributed by atoms with Gasteiger partial charge in [-0.2, -0.15) is 0 Å². The molecule has 1 saturated carbocycles. The highest BCUT2D eigenvalue weighted by molar-refractivity contribution is 7.13. The summed E-state index contributed by atoms with van der Waals surface area (Å²) in [4.78, 5) is 3.38. The van der Waals surface area contributed by atoms with Crippen LogP contribution in [-0.4, -0.2) is 0 Å². The molecule has 2 aromatic rings. The van der Waals surface area contributed by atoms with Gasteiger partial charge in [-0.05, 0) is 18.4 Å². The fourth-order valence-electron chi connectivity index (χ4n) is 3.17.